The summed E-state index contributed by atoms with van der Waals surface area (Å²) in [6.45, 7) is 1.74. The van der Waals surface area contributed by atoms with Gasteiger partial charge in [-0.1, -0.05) is 24.3 Å². The molecule has 2 aromatic rings. The number of sulfonamides is 1. The molecule has 0 aliphatic carbocycles. The first-order valence-electron chi connectivity index (χ1n) is 9.26. The van der Waals surface area contributed by atoms with Crippen LogP contribution in [0.2, 0.25) is 0 Å². The molecule has 0 atom stereocenters. The minimum Gasteiger partial charge on any atom is -0.379 e. The summed E-state index contributed by atoms with van der Waals surface area (Å²) in [6, 6.07) is 12.6. The fourth-order valence-corrected chi connectivity index (χ4v) is 5.17. The Bertz CT molecular complexity index is 947. The number of thioether (sulfide) groups is 1. The van der Waals surface area contributed by atoms with Gasteiger partial charge in [0, 0.05) is 36.7 Å². The summed E-state index contributed by atoms with van der Waals surface area (Å²) in [4.78, 5) is 12.5. The first kappa shape index (κ1) is 21.8. The topological polar surface area (TPSA) is 75.7 Å². The molecule has 156 valence electrons. The van der Waals surface area contributed by atoms with E-state index in [0.29, 0.717) is 55.5 Å². The number of amides is 1. The van der Waals surface area contributed by atoms with E-state index in [0.717, 1.165) is 0 Å². The lowest BCUT2D eigenvalue weighted by Gasteiger charge is -2.26. The van der Waals surface area contributed by atoms with Crippen molar-refractivity contribution in [3.05, 3.63) is 65.5 Å². The van der Waals surface area contributed by atoms with Crippen LogP contribution in [0.4, 0.5) is 4.39 Å². The number of morpholine rings is 1. The van der Waals surface area contributed by atoms with Gasteiger partial charge in [0.15, 0.2) is 0 Å². The summed E-state index contributed by atoms with van der Waals surface area (Å²) in [7, 11) is -3.65. The summed E-state index contributed by atoms with van der Waals surface area (Å²) in [6.07, 6.45) is 0. The zero-order valence-electron chi connectivity index (χ0n) is 15.8. The van der Waals surface area contributed by atoms with Gasteiger partial charge >= 0.3 is 0 Å². The van der Waals surface area contributed by atoms with Crippen LogP contribution in [-0.4, -0.2) is 57.2 Å². The van der Waals surface area contributed by atoms with Gasteiger partial charge in [-0.15, -0.1) is 0 Å². The standard InChI is InChI=1S/C20H23FN2O4S2/c21-19-7-2-1-4-17(19)15-28-13-8-22-20(24)16-5-3-6-18(14-16)29(25,26)23-9-11-27-12-10-23/h1-7,14H,8-13,15H2,(H,22,24). The summed E-state index contributed by atoms with van der Waals surface area (Å²) in [5.74, 6) is 0.569. The highest BCUT2D eigenvalue weighted by atomic mass is 32.2. The van der Waals surface area contributed by atoms with Crippen LogP contribution in [0.3, 0.4) is 0 Å². The molecule has 6 nitrogen and oxygen atoms in total. The molecule has 29 heavy (non-hydrogen) atoms. The van der Waals surface area contributed by atoms with Crippen LogP contribution >= 0.6 is 11.8 Å². The van der Waals surface area contributed by atoms with E-state index < -0.39 is 10.0 Å². The SMILES string of the molecule is O=C(NCCSCc1ccccc1F)c1cccc(S(=O)(=O)N2CCOCC2)c1. The number of hydrogen-bond acceptors (Lipinski definition) is 5. The number of rotatable bonds is 8. The van der Waals surface area contributed by atoms with Crippen LogP contribution in [0.15, 0.2) is 53.4 Å². The third-order valence-electron chi connectivity index (χ3n) is 4.45. The molecule has 1 heterocycles. The average molecular weight is 439 g/mol. The van der Waals surface area contributed by atoms with E-state index >= 15 is 0 Å². The van der Waals surface area contributed by atoms with Crippen molar-refractivity contribution in [2.24, 2.45) is 0 Å². The van der Waals surface area contributed by atoms with Crippen molar-refractivity contribution in [3.8, 4) is 0 Å². The van der Waals surface area contributed by atoms with Crippen molar-refractivity contribution in [1.82, 2.24) is 9.62 Å². The van der Waals surface area contributed by atoms with E-state index in [1.54, 1.807) is 30.3 Å². The van der Waals surface area contributed by atoms with Crippen molar-refractivity contribution in [3.63, 3.8) is 0 Å². The molecular weight excluding hydrogens is 415 g/mol. The van der Waals surface area contributed by atoms with Crippen LogP contribution in [0, 0.1) is 5.82 Å². The smallest absolute Gasteiger partial charge is 0.251 e. The molecule has 1 fully saturated rings. The lowest BCUT2D eigenvalue weighted by Crippen LogP contribution is -2.40. The lowest BCUT2D eigenvalue weighted by molar-refractivity contribution is 0.0730. The summed E-state index contributed by atoms with van der Waals surface area (Å²) >= 11 is 1.51. The monoisotopic (exact) mass is 438 g/mol. The largest absolute Gasteiger partial charge is 0.379 e. The highest BCUT2D eigenvalue weighted by molar-refractivity contribution is 7.98. The lowest BCUT2D eigenvalue weighted by atomic mass is 10.2. The first-order valence-corrected chi connectivity index (χ1v) is 11.9. The van der Waals surface area contributed by atoms with Crippen molar-refractivity contribution in [1.29, 1.82) is 0 Å². The molecule has 0 bridgehead atoms. The predicted molar refractivity (Wildman–Crippen MR) is 111 cm³/mol. The summed E-state index contributed by atoms with van der Waals surface area (Å²) in [5.41, 5.74) is 0.920. The van der Waals surface area contributed by atoms with Gasteiger partial charge in [-0.05, 0) is 29.8 Å². The van der Waals surface area contributed by atoms with Gasteiger partial charge in [0.1, 0.15) is 5.82 Å². The van der Waals surface area contributed by atoms with Crippen molar-refractivity contribution in [2.45, 2.75) is 10.6 Å². The number of carbonyl (C=O) groups is 1. The Balaban J connectivity index is 1.52. The van der Waals surface area contributed by atoms with E-state index in [-0.39, 0.29) is 16.6 Å². The van der Waals surface area contributed by atoms with Crippen LogP contribution in [0.1, 0.15) is 15.9 Å². The van der Waals surface area contributed by atoms with Gasteiger partial charge in [-0.25, -0.2) is 12.8 Å². The summed E-state index contributed by atoms with van der Waals surface area (Å²) < 4.78 is 45.6. The average Bonchev–Trinajstić information content (AvgIpc) is 2.75. The molecule has 3 rings (SSSR count). The van der Waals surface area contributed by atoms with E-state index in [4.69, 9.17) is 4.74 Å². The molecule has 0 saturated carbocycles. The molecule has 1 saturated heterocycles. The Morgan fingerprint density at radius 1 is 1.14 bits per heavy atom. The molecule has 1 amide bonds. The van der Waals surface area contributed by atoms with Crippen LogP contribution in [0.5, 0.6) is 0 Å². The van der Waals surface area contributed by atoms with E-state index in [1.807, 2.05) is 0 Å². The van der Waals surface area contributed by atoms with Gasteiger partial charge in [-0.2, -0.15) is 16.1 Å². The second-order valence-corrected chi connectivity index (χ2v) is 9.49. The maximum Gasteiger partial charge on any atom is 0.251 e. The zero-order valence-corrected chi connectivity index (χ0v) is 17.5. The van der Waals surface area contributed by atoms with E-state index in [9.17, 15) is 17.6 Å². The fraction of sp³-hybridized carbons (Fsp3) is 0.350. The highest BCUT2D eigenvalue weighted by Crippen LogP contribution is 2.19. The van der Waals surface area contributed by atoms with E-state index in [1.165, 1.54) is 34.3 Å². The number of benzene rings is 2. The Labute approximate surface area is 174 Å². The number of nitrogens with one attached hydrogen (secondary N) is 1. The maximum atomic E-state index is 13.6. The third-order valence-corrected chi connectivity index (χ3v) is 7.35. The molecule has 0 radical (unpaired) electrons. The molecule has 0 aromatic heterocycles. The second-order valence-electron chi connectivity index (χ2n) is 6.44. The molecule has 0 unspecified atom stereocenters. The van der Waals surface area contributed by atoms with Crippen LogP contribution < -0.4 is 5.32 Å². The second kappa shape index (κ2) is 10.2. The Kier molecular flexibility index (Phi) is 7.65. The molecule has 9 heteroatoms. The van der Waals surface area contributed by atoms with Gasteiger partial charge in [0.2, 0.25) is 10.0 Å². The Morgan fingerprint density at radius 3 is 2.66 bits per heavy atom. The molecule has 1 N–H and O–H groups in total. The van der Waals surface area contributed by atoms with Crippen molar-refractivity contribution < 1.29 is 22.3 Å². The Morgan fingerprint density at radius 2 is 1.90 bits per heavy atom. The van der Waals surface area contributed by atoms with Gasteiger partial charge in [0.25, 0.3) is 5.91 Å². The predicted octanol–water partition coefficient (Wildman–Crippen LogP) is 2.51. The van der Waals surface area contributed by atoms with Crippen LogP contribution in [0.25, 0.3) is 0 Å². The van der Waals surface area contributed by atoms with Gasteiger partial charge < -0.3 is 10.1 Å². The van der Waals surface area contributed by atoms with Gasteiger partial charge in [0.05, 0.1) is 18.1 Å². The number of ether oxygens (including phenoxy) is 1. The molecule has 2 aromatic carbocycles. The van der Waals surface area contributed by atoms with Crippen molar-refractivity contribution >= 4 is 27.7 Å². The number of hydrogen-bond donors (Lipinski definition) is 1. The number of nitrogens with zero attached hydrogens (tertiary/aromatic N) is 1. The molecular formula is C20H23FN2O4S2. The molecule has 0 spiro atoms. The quantitative estimate of drug-likeness (QED) is 0.641. The summed E-state index contributed by atoms with van der Waals surface area (Å²) in [5, 5.41) is 2.78. The minimum absolute atomic E-state index is 0.0981. The van der Waals surface area contributed by atoms with E-state index in [2.05, 4.69) is 5.32 Å². The third kappa shape index (κ3) is 5.79. The zero-order chi connectivity index (χ0) is 20.7. The van der Waals surface area contributed by atoms with Crippen molar-refractivity contribution in [2.75, 3.05) is 38.6 Å². The normalized spacial score (nSPS) is 15.2. The van der Waals surface area contributed by atoms with Gasteiger partial charge in [-0.3, -0.25) is 4.79 Å². The maximum absolute atomic E-state index is 13.6. The fourth-order valence-electron chi connectivity index (χ4n) is 2.87. The Hall–Kier alpha value is -1.94. The molecule has 1 aliphatic heterocycles. The first-order chi connectivity index (χ1) is 14.0. The highest BCUT2D eigenvalue weighted by Gasteiger charge is 2.26. The minimum atomic E-state index is -3.65. The van der Waals surface area contributed by atoms with Crippen LogP contribution in [-0.2, 0) is 20.5 Å². The number of carbonyl (C=O) groups excluding carboxylic acids is 1. The molecule has 1 aliphatic rings. The number of halogens is 1.